The lowest BCUT2D eigenvalue weighted by atomic mass is 10.1. The van der Waals surface area contributed by atoms with Gasteiger partial charge >= 0.3 is 0 Å². The van der Waals surface area contributed by atoms with Crippen LogP contribution in [0.5, 0.6) is 0 Å². The second-order valence-corrected chi connectivity index (χ2v) is 4.68. The van der Waals surface area contributed by atoms with E-state index in [1.807, 2.05) is 12.1 Å². The molecule has 2 aromatic heterocycles. The molecule has 0 spiro atoms. The third-order valence-corrected chi connectivity index (χ3v) is 3.25. The first-order valence-corrected chi connectivity index (χ1v) is 6.49. The van der Waals surface area contributed by atoms with Gasteiger partial charge in [-0.25, -0.2) is 9.37 Å². The average molecular weight is 302 g/mol. The SMILES string of the molecule is O=C(Nc1cccc2ncccc12)c1cc(F)cnc1Cl. The van der Waals surface area contributed by atoms with Crippen LogP contribution in [0.1, 0.15) is 10.4 Å². The second kappa shape index (κ2) is 5.46. The van der Waals surface area contributed by atoms with Crippen LogP contribution in [0, 0.1) is 5.82 Å². The number of benzene rings is 1. The van der Waals surface area contributed by atoms with E-state index in [1.165, 1.54) is 0 Å². The van der Waals surface area contributed by atoms with Gasteiger partial charge in [-0.15, -0.1) is 0 Å². The maximum absolute atomic E-state index is 13.2. The summed E-state index contributed by atoms with van der Waals surface area (Å²) in [6.07, 6.45) is 2.63. The van der Waals surface area contributed by atoms with Gasteiger partial charge in [0, 0.05) is 11.6 Å². The standard InChI is InChI=1S/C15H9ClFN3O/c16-14-11(7-9(17)8-19-14)15(21)20-13-5-1-4-12-10(13)3-2-6-18-12/h1-8H,(H,20,21). The molecule has 0 bridgehead atoms. The molecular formula is C15H9ClFN3O. The van der Waals surface area contributed by atoms with E-state index in [0.717, 1.165) is 23.2 Å². The molecule has 0 fully saturated rings. The van der Waals surface area contributed by atoms with Gasteiger partial charge in [0.25, 0.3) is 5.91 Å². The number of anilines is 1. The number of carbonyl (C=O) groups is 1. The van der Waals surface area contributed by atoms with Gasteiger partial charge in [-0.1, -0.05) is 17.7 Å². The molecule has 1 aromatic carbocycles. The summed E-state index contributed by atoms with van der Waals surface area (Å²) in [6.45, 7) is 0. The molecule has 104 valence electrons. The molecular weight excluding hydrogens is 293 g/mol. The number of fused-ring (bicyclic) bond motifs is 1. The van der Waals surface area contributed by atoms with Crippen LogP contribution in [0.3, 0.4) is 0 Å². The van der Waals surface area contributed by atoms with Crippen molar-refractivity contribution in [3.8, 4) is 0 Å². The molecule has 0 saturated heterocycles. The normalized spacial score (nSPS) is 10.6. The number of aromatic nitrogens is 2. The summed E-state index contributed by atoms with van der Waals surface area (Å²) in [5.74, 6) is -1.15. The Bertz CT molecular complexity index is 833. The summed E-state index contributed by atoms with van der Waals surface area (Å²) < 4.78 is 13.2. The van der Waals surface area contributed by atoms with Gasteiger partial charge in [-0.05, 0) is 30.3 Å². The Hall–Kier alpha value is -2.53. The molecule has 0 aliphatic rings. The van der Waals surface area contributed by atoms with Crippen LogP contribution in [0.25, 0.3) is 10.9 Å². The van der Waals surface area contributed by atoms with Gasteiger partial charge in [0.2, 0.25) is 0 Å². The van der Waals surface area contributed by atoms with Crippen molar-refractivity contribution in [3.05, 3.63) is 65.3 Å². The largest absolute Gasteiger partial charge is 0.321 e. The Morgan fingerprint density at radius 2 is 2.05 bits per heavy atom. The highest BCUT2D eigenvalue weighted by molar-refractivity contribution is 6.33. The summed E-state index contributed by atoms with van der Waals surface area (Å²) in [7, 11) is 0. The zero-order chi connectivity index (χ0) is 14.8. The minimum atomic E-state index is -0.621. The van der Waals surface area contributed by atoms with Crippen molar-refractivity contribution in [1.82, 2.24) is 9.97 Å². The fraction of sp³-hybridized carbons (Fsp3) is 0. The van der Waals surface area contributed by atoms with Gasteiger partial charge in [0.15, 0.2) is 0 Å². The van der Waals surface area contributed by atoms with E-state index in [2.05, 4.69) is 15.3 Å². The third kappa shape index (κ3) is 2.68. The fourth-order valence-electron chi connectivity index (χ4n) is 1.98. The molecule has 0 radical (unpaired) electrons. The number of carbonyl (C=O) groups excluding carboxylic acids is 1. The Kier molecular flexibility index (Phi) is 3.50. The quantitative estimate of drug-likeness (QED) is 0.735. The lowest BCUT2D eigenvalue weighted by molar-refractivity contribution is 0.102. The van der Waals surface area contributed by atoms with Crippen LogP contribution in [0.2, 0.25) is 5.15 Å². The number of rotatable bonds is 2. The molecule has 1 amide bonds. The number of hydrogen-bond acceptors (Lipinski definition) is 3. The van der Waals surface area contributed by atoms with Crippen molar-refractivity contribution in [2.45, 2.75) is 0 Å². The van der Waals surface area contributed by atoms with E-state index in [0.29, 0.717) is 5.69 Å². The first kappa shape index (κ1) is 13.5. The summed E-state index contributed by atoms with van der Waals surface area (Å²) in [5.41, 5.74) is 1.31. The van der Waals surface area contributed by atoms with Crippen LogP contribution in [0.15, 0.2) is 48.8 Å². The first-order chi connectivity index (χ1) is 10.1. The predicted octanol–water partition coefficient (Wildman–Crippen LogP) is 3.67. The Balaban J connectivity index is 1.99. The number of hydrogen-bond donors (Lipinski definition) is 1. The molecule has 2 heterocycles. The fourth-order valence-corrected chi connectivity index (χ4v) is 2.17. The Morgan fingerprint density at radius 1 is 1.19 bits per heavy atom. The van der Waals surface area contributed by atoms with Crippen LogP contribution in [-0.2, 0) is 0 Å². The van der Waals surface area contributed by atoms with Crippen molar-refractivity contribution in [2.24, 2.45) is 0 Å². The van der Waals surface area contributed by atoms with Crippen molar-refractivity contribution >= 4 is 34.1 Å². The van der Waals surface area contributed by atoms with Crippen molar-refractivity contribution < 1.29 is 9.18 Å². The topological polar surface area (TPSA) is 54.9 Å². The molecule has 0 aliphatic heterocycles. The van der Waals surface area contributed by atoms with E-state index >= 15 is 0 Å². The highest BCUT2D eigenvalue weighted by Gasteiger charge is 2.14. The third-order valence-electron chi connectivity index (χ3n) is 2.94. The van der Waals surface area contributed by atoms with E-state index in [-0.39, 0.29) is 10.7 Å². The van der Waals surface area contributed by atoms with Crippen LogP contribution >= 0.6 is 11.6 Å². The summed E-state index contributed by atoms with van der Waals surface area (Å²) in [5, 5.41) is 3.44. The Morgan fingerprint density at radius 3 is 2.90 bits per heavy atom. The molecule has 0 saturated carbocycles. The average Bonchev–Trinajstić information content (AvgIpc) is 2.50. The minimum Gasteiger partial charge on any atom is -0.321 e. The number of halogens is 2. The monoisotopic (exact) mass is 301 g/mol. The van der Waals surface area contributed by atoms with E-state index in [9.17, 15) is 9.18 Å². The molecule has 0 aliphatic carbocycles. The minimum absolute atomic E-state index is 0.0161. The summed E-state index contributed by atoms with van der Waals surface area (Å²) in [6, 6.07) is 10.0. The highest BCUT2D eigenvalue weighted by atomic mass is 35.5. The maximum Gasteiger partial charge on any atom is 0.258 e. The van der Waals surface area contributed by atoms with Gasteiger partial charge in [0.05, 0.1) is 23.0 Å². The van der Waals surface area contributed by atoms with Crippen LogP contribution < -0.4 is 5.32 Å². The van der Waals surface area contributed by atoms with Crippen molar-refractivity contribution in [1.29, 1.82) is 0 Å². The van der Waals surface area contributed by atoms with E-state index in [4.69, 9.17) is 11.6 Å². The highest BCUT2D eigenvalue weighted by Crippen LogP contribution is 2.23. The smallest absolute Gasteiger partial charge is 0.258 e. The Labute approximate surface area is 124 Å². The zero-order valence-electron chi connectivity index (χ0n) is 10.7. The zero-order valence-corrected chi connectivity index (χ0v) is 11.4. The number of nitrogens with one attached hydrogen (secondary N) is 1. The molecule has 6 heteroatoms. The van der Waals surface area contributed by atoms with Crippen molar-refractivity contribution in [3.63, 3.8) is 0 Å². The molecule has 0 atom stereocenters. The van der Waals surface area contributed by atoms with Gasteiger partial charge in [-0.2, -0.15) is 0 Å². The van der Waals surface area contributed by atoms with E-state index < -0.39 is 11.7 Å². The van der Waals surface area contributed by atoms with E-state index in [1.54, 1.807) is 24.4 Å². The van der Waals surface area contributed by atoms with Gasteiger partial charge in [0.1, 0.15) is 11.0 Å². The lowest BCUT2D eigenvalue weighted by Crippen LogP contribution is -2.13. The molecule has 1 N–H and O–H groups in total. The number of amides is 1. The molecule has 21 heavy (non-hydrogen) atoms. The maximum atomic E-state index is 13.2. The molecule has 3 rings (SSSR count). The predicted molar refractivity (Wildman–Crippen MR) is 78.9 cm³/mol. The molecule has 0 unspecified atom stereocenters. The second-order valence-electron chi connectivity index (χ2n) is 4.32. The lowest BCUT2D eigenvalue weighted by Gasteiger charge is -2.09. The number of pyridine rings is 2. The summed E-state index contributed by atoms with van der Waals surface area (Å²) in [4.78, 5) is 20.0. The van der Waals surface area contributed by atoms with Crippen LogP contribution in [-0.4, -0.2) is 15.9 Å². The van der Waals surface area contributed by atoms with Gasteiger partial charge < -0.3 is 5.32 Å². The first-order valence-electron chi connectivity index (χ1n) is 6.11. The van der Waals surface area contributed by atoms with Crippen LogP contribution in [0.4, 0.5) is 10.1 Å². The summed E-state index contributed by atoms with van der Waals surface area (Å²) >= 11 is 5.82. The molecule has 3 aromatic rings. The molecule has 4 nitrogen and oxygen atoms in total. The number of nitrogens with zero attached hydrogens (tertiary/aromatic N) is 2. The van der Waals surface area contributed by atoms with Gasteiger partial charge in [-0.3, -0.25) is 9.78 Å². The van der Waals surface area contributed by atoms with Crippen molar-refractivity contribution in [2.75, 3.05) is 5.32 Å².